The molecule has 0 aliphatic rings. The lowest BCUT2D eigenvalue weighted by Crippen LogP contribution is -2.30. The quantitative estimate of drug-likeness (QED) is 0.825. The summed E-state index contributed by atoms with van der Waals surface area (Å²) in [7, 11) is 0. The third kappa shape index (κ3) is 4.09. The van der Waals surface area contributed by atoms with Crippen LogP contribution in [0.15, 0.2) is 18.2 Å². The number of anilines is 1. The summed E-state index contributed by atoms with van der Waals surface area (Å²) in [6, 6.07) is 3.74. The average Bonchev–Trinajstić information content (AvgIpc) is 2.26. The molecule has 0 bridgehead atoms. The number of hydrogen-bond donors (Lipinski definition) is 2. The highest BCUT2D eigenvalue weighted by Gasteiger charge is 2.34. The summed E-state index contributed by atoms with van der Waals surface area (Å²) in [5.74, 6) is 0. The summed E-state index contributed by atoms with van der Waals surface area (Å²) in [6.45, 7) is 5.92. The van der Waals surface area contributed by atoms with Gasteiger partial charge < -0.3 is 11.1 Å². The monoisotopic (exact) mass is 290 g/mol. The van der Waals surface area contributed by atoms with Gasteiger partial charge in [0.25, 0.3) is 0 Å². The Kier molecular flexibility index (Phi) is 4.45. The first-order valence-electron chi connectivity index (χ1n) is 5.86. The molecule has 0 saturated carbocycles. The Morgan fingerprint density at radius 1 is 1.32 bits per heavy atom. The summed E-state index contributed by atoms with van der Waals surface area (Å²) >= 11 is 4.70. The summed E-state index contributed by atoms with van der Waals surface area (Å²) in [4.78, 5) is -0.259. The summed E-state index contributed by atoms with van der Waals surface area (Å²) in [5.41, 5.74) is 4.78. The zero-order valence-electron chi connectivity index (χ0n) is 11.1. The van der Waals surface area contributed by atoms with Crippen molar-refractivity contribution in [2.45, 2.75) is 38.9 Å². The number of halogens is 3. The first-order valence-corrected chi connectivity index (χ1v) is 6.27. The van der Waals surface area contributed by atoms with E-state index in [0.29, 0.717) is 5.69 Å². The van der Waals surface area contributed by atoms with Crippen molar-refractivity contribution in [1.82, 2.24) is 0 Å². The highest BCUT2D eigenvalue weighted by Crippen LogP contribution is 2.34. The van der Waals surface area contributed by atoms with E-state index in [1.54, 1.807) is 0 Å². The van der Waals surface area contributed by atoms with Gasteiger partial charge in [0.1, 0.15) is 4.99 Å². The Hall–Kier alpha value is -1.30. The van der Waals surface area contributed by atoms with Gasteiger partial charge in [-0.2, -0.15) is 13.2 Å². The van der Waals surface area contributed by atoms with Crippen molar-refractivity contribution in [3.63, 3.8) is 0 Å². The third-order valence-corrected chi connectivity index (χ3v) is 3.18. The molecule has 0 saturated heterocycles. The van der Waals surface area contributed by atoms with Crippen molar-refractivity contribution in [2.24, 2.45) is 5.73 Å². The van der Waals surface area contributed by atoms with Gasteiger partial charge in [0.05, 0.1) is 5.56 Å². The van der Waals surface area contributed by atoms with Crippen LogP contribution in [0, 0.1) is 0 Å². The van der Waals surface area contributed by atoms with E-state index in [9.17, 15) is 13.2 Å². The molecule has 3 N–H and O–H groups in total. The van der Waals surface area contributed by atoms with Gasteiger partial charge >= 0.3 is 6.18 Å². The van der Waals surface area contributed by atoms with Gasteiger partial charge in [0.15, 0.2) is 0 Å². The van der Waals surface area contributed by atoms with Crippen LogP contribution in [0.5, 0.6) is 0 Å². The molecule has 1 rings (SSSR count). The van der Waals surface area contributed by atoms with Gasteiger partial charge in [-0.3, -0.25) is 0 Å². The van der Waals surface area contributed by atoms with Crippen LogP contribution >= 0.6 is 12.2 Å². The molecule has 0 aliphatic carbocycles. The Bertz CT molecular complexity index is 481. The molecule has 2 nitrogen and oxygen atoms in total. The van der Waals surface area contributed by atoms with Gasteiger partial charge in [-0.1, -0.05) is 19.1 Å². The average molecular weight is 290 g/mol. The fourth-order valence-corrected chi connectivity index (χ4v) is 1.72. The van der Waals surface area contributed by atoms with E-state index in [1.165, 1.54) is 12.1 Å². The largest absolute Gasteiger partial charge is 0.417 e. The highest BCUT2D eigenvalue weighted by atomic mass is 32.1. The van der Waals surface area contributed by atoms with E-state index in [4.69, 9.17) is 18.0 Å². The van der Waals surface area contributed by atoms with E-state index in [-0.39, 0.29) is 16.1 Å². The van der Waals surface area contributed by atoms with Crippen LogP contribution in [0.25, 0.3) is 0 Å². The lowest BCUT2D eigenvalue weighted by molar-refractivity contribution is -0.137. The van der Waals surface area contributed by atoms with Crippen molar-refractivity contribution < 1.29 is 13.2 Å². The summed E-state index contributed by atoms with van der Waals surface area (Å²) < 4.78 is 38.4. The Morgan fingerprint density at radius 2 is 1.89 bits per heavy atom. The zero-order valence-corrected chi connectivity index (χ0v) is 11.9. The number of nitrogens with one attached hydrogen (secondary N) is 1. The first kappa shape index (κ1) is 15.8. The minimum atomic E-state index is -4.46. The molecule has 0 amide bonds. The number of nitrogens with two attached hydrogens (primary N) is 1. The normalized spacial score (nSPS) is 12.3. The Morgan fingerprint density at radius 3 is 2.32 bits per heavy atom. The summed E-state index contributed by atoms with van der Waals surface area (Å²) in [5, 5.41) is 3.16. The Balaban J connectivity index is 3.21. The van der Waals surface area contributed by atoms with Crippen molar-refractivity contribution in [3.05, 3.63) is 29.3 Å². The maximum Gasteiger partial charge on any atom is 0.417 e. The second-order valence-corrected chi connectivity index (χ2v) is 5.42. The highest BCUT2D eigenvalue weighted by molar-refractivity contribution is 7.80. The molecule has 0 aliphatic heterocycles. The third-order valence-electron chi connectivity index (χ3n) is 2.96. The Labute approximate surface area is 116 Å². The predicted octanol–water partition coefficient (Wildman–Crippen LogP) is 3.94. The van der Waals surface area contributed by atoms with Crippen LogP contribution in [0.2, 0.25) is 0 Å². The molecule has 0 aromatic heterocycles. The predicted molar refractivity (Wildman–Crippen MR) is 75.3 cm³/mol. The SMILES string of the molecule is CCC(C)(C)Nc1ccc(C(F)(F)F)c(C(N)=S)c1. The maximum absolute atomic E-state index is 12.8. The second-order valence-electron chi connectivity index (χ2n) is 4.98. The second kappa shape index (κ2) is 5.36. The molecule has 0 heterocycles. The number of hydrogen-bond acceptors (Lipinski definition) is 2. The smallest absolute Gasteiger partial charge is 0.389 e. The number of benzene rings is 1. The van der Waals surface area contributed by atoms with E-state index in [1.807, 2.05) is 20.8 Å². The standard InChI is InChI=1S/C13H17F3N2S/c1-4-12(2,3)18-8-5-6-10(13(14,15)16)9(7-8)11(17)19/h5-7,18H,4H2,1-3H3,(H2,17,19). The van der Waals surface area contributed by atoms with Crippen LogP contribution in [0.4, 0.5) is 18.9 Å². The molecule has 6 heteroatoms. The van der Waals surface area contributed by atoms with Gasteiger partial charge in [-0.25, -0.2) is 0 Å². The van der Waals surface area contributed by atoms with Crippen LogP contribution in [-0.2, 0) is 6.18 Å². The molecule has 1 aromatic carbocycles. The molecule has 0 atom stereocenters. The molecule has 0 unspecified atom stereocenters. The van der Waals surface area contributed by atoms with Crippen LogP contribution < -0.4 is 11.1 Å². The lowest BCUT2D eigenvalue weighted by atomic mass is 10.00. The van der Waals surface area contributed by atoms with E-state index in [2.05, 4.69) is 5.32 Å². The molecule has 1 aromatic rings. The maximum atomic E-state index is 12.8. The first-order chi connectivity index (χ1) is 8.57. The van der Waals surface area contributed by atoms with E-state index < -0.39 is 11.7 Å². The van der Waals surface area contributed by atoms with E-state index >= 15 is 0 Å². The van der Waals surface area contributed by atoms with Gasteiger partial charge in [-0.05, 0) is 38.5 Å². The minimum absolute atomic E-state index is 0.153. The van der Waals surface area contributed by atoms with Crippen molar-refractivity contribution in [1.29, 1.82) is 0 Å². The van der Waals surface area contributed by atoms with Gasteiger partial charge in [0.2, 0.25) is 0 Å². The molecule has 0 radical (unpaired) electrons. The van der Waals surface area contributed by atoms with Gasteiger partial charge in [0, 0.05) is 16.8 Å². The number of thiocarbonyl (C=S) groups is 1. The fourth-order valence-electron chi connectivity index (χ4n) is 1.55. The molecule has 106 valence electrons. The van der Waals surface area contributed by atoms with Crippen molar-refractivity contribution in [3.8, 4) is 0 Å². The van der Waals surface area contributed by atoms with Crippen molar-refractivity contribution in [2.75, 3.05) is 5.32 Å². The van der Waals surface area contributed by atoms with E-state index in [0.717, 1.165) is 12.5 Å². The number of alkyl halides is 3. The van der Waals surface area contributed by atoms with Crippen LogP contribution in [0.3, 0.4) is 0 Å². The number of rotatable bonds is 4. The van der Waals surface area contributed by atoms with Crippen LogP contribution in [-0.4, -0.2) is 10.5 Å². The zero-order chi connectivity index (χ0) is 14.8. The molecular formula is C13H17F3N2S. The summed E-state index contributed by atoms with van der Waals surface area (Å²) in [6.07, 6.45) is -3.63. The molecule has 19 heavy (non-hydrogen) atoms. The molecule has 0 fully saturated rings. The van der Waals surface area contributed by atoms with Gasteiger partial charge in [-0.15, -0.1) is 0 Å². The lowest BCUT2D eigenvalue weighted by Gasteiger charge is -2.26. The molecule has 0 spiro atoms. The van der Waals surface area contributed by atoms with Crippen LogP contribution in [0.1, 0.15) is 38.3 Å². The fraction of sp³-hybridized carbons (Fsp3) is 0.462. The van der Waals surface area contributed by atoms with Crippen molar-refractivity contribution >= 4 is 22.9 Å². The topological polar surface area (TPSA) is 38.0 Å². The molecular weight excluding hydrogens is 273 g/mol. The minimum Gasteiger partial charge on any atom is -0.389 e.